The molecule has 0 saturated heterocycles. The first kappa shape index (κ1) is 16.4. The van der Waals surface area contributed by atoms with Gasteiger partial charge in [-0.15, -0.1) is 0 Å². The maximum atomic E-state index is 12.9. The molecule has 134 valence electrons. The summed E-state index contributed by atoms with van der Waals surface area (Å²) in [7, 11) is 0. The van der Waals surface area contributed by atoms with E-state index in [1.54, 1.807) is 0 Å². The molecule has 0 amide bonds. The van der Waals surface area contributed by atoms with Crippen molar-refractivity contribution in [1.82, 2.24) is 15.0 Å². The van der Waals surface area contributed by atoms with E-state index in [-0.39, 0.29) is 5.78 Å². The van der Waals surface area contributed by atoms with Crippen LogP contribution in [0.2, 0.25) is 0 Å². The normalized spacial score (nSPS) is 11.1. The third kappa shape index (κ3) is 2.95. The third-order valence-electron chi connectivity index (χ3n) is 4.89. The molecule has 2 aromatic heterocycles. The average Bonchev–Trinajstić information content (AvgIpc) is 3.18. The quantitative estimate of drug-likeness (QED) is 0.446. The Morgan fingerprint density at radius 1 is 0.857 bits per heavy atom. The van der Waals surface area contributed by atoms with Gasteiger partial charge in [0.2, 0.25) is 0 Å². The largest absolute Gasteiger partial charge is 0.337 e. The summed E-state index contributed by atoms with van der Waals surface area (Å²) in [5, 5.41) is 2.19. The molecule has 0 saturated carbocycles. The zero-order valence-corrected chi connectivity index (χ0v) is 15.1. The minimum atomic E-state index is 0.0568. The monoisotopic (exact) mass is 363 g/mol. The number of nitrogens with one attached hydrogen (secondary N) is 1. The molecular weight excluding hydrogens is 346 g/mol. The zero-order valence-electron chi connectivity index (χ0n) is 15.1. The van der Waals surface area contributed by atoms with Gasteiger partial charge in [-0.3, -0.25) is 9.78 Å². The molecular formula is C24H17N3O. The summed E-state index contributed by atoms with van der Waals surface area (Å²) in [6, 6.07) is 25.5. The van der Waals surface area contributed by atoms with Gasteiger partial charge in [0.1, 0.15) is 5.69 Å². The van der Waals surface area contributed by atoms with Gasteiger partial charge in [0, 0.05) is 23.6 Å². The highest BCUT2D eigenvalue weighted by Crippen LogP contribution is 2.25. The highest BCUT2D eigenvalue weighted by atomic mass is 16.1. The Labute approximate surface area is 161 Å². The van der Waals surface area contributed by atoms with Crippen LogP contribution in [0, 0.1) is 0 Å². The van der Waals surface area contributed by atoms with Crippen molar-refractivity contribution >= 4 is 27.6 Å². The van der Waals surface area contributed by atoms with Crippen molar-refractivity contribution in [2.24, 2.45) is 0 Å². The number of aromatic nitrogens is 3. The third-order valence-corrected chi connectivity index (χ3v) is 4.89. The number of imidazole rings is 1. The number of rotatable bonds is 4. The summed E-state index contributed by atoms with van der Waals surface area (Å²) >= 11 is 0. The second-order valence-corrected chi connectivity index (χ2v) is 6.79. The number of Topliss-reactive ketones (excluding diaryl/α,β-unsaturated/α-hetero) is 1. The Morgan fingerprint density at radius 2 is 1.64 bits per heavy atom. The SMILES string of the molecule is O=C(Cc1ccccc1)c1cccc2[nH]c(-c3cc4ccccc4cn3)nc12. The van der Waals surface area contributed by atoms with Crippen LogP contribution in [-0.2, 0) is 6.42 Å². The zero-order chi connectivity index (χ0) is 18.9. The van der Waals surface area contributed by atoms with Crippen LogP contribution in [0.25, 0.3) is 33.3 Å². The lowest BCUT2D eigenvalue weighted by molar-refractivity contribution is 0.0994. The molecule has 0 fully saturated rings. The summed E-state index contributed by atoms with van der Waals surface area (Å²) in [6.07, 6.45) is 2.20. The number of benzene rings is 3. The van der Waals surface area contributed by atoms with Crippen molar-refractivity contribution in [3.8, 4) is 11.5 Å². The minimum absolute atomic E-state index is 0.0568. The number of carbonyl (C=O) groups excluding carboxylic acids is 1. The molecule has 28 heavy (non-hydrogen) atoms. The van der Waals surface area contributed by atoms with Gasteiger partial charge in [0.15, 0.2) is 11.6 Å². The fraction of sp³-hybridized carbons (Fsp3) is 0.0417. The number of para-hydroxylation sites is 1. The van der Waals surface area contributed by atoms with Gasteiger partial charge in [0.25, 0.3) is 0 Å². The molecule has 0 unspecified atom stereocenters. The van der Waals surface area contributed by atoms with Gasteiger partial charge >= 0.3 is 0 Å². The molecule has 4 heteroatoms. The lowest BCUT2D eigenvalue weighted by Gasteiger charge is -2.02. The van der Waals surface area contributed by atoms with Crippen molar-refractivity contribution in [2.45, 2.75) is 6.42 Å². The van der Waals surface area contributed by atoms with Crippen molar-refractivity contribution in [2.75, 3.05) is 0 Å². The van der Waals surface area contributed by atoms with E-state index in [0.29, 0.717) is 23.3 Å². The van der Waals surface area contributed by atoms with Crippen LogP contribution in [0.1, 0.15) is 15.9 Å². The minimum Gasteiger partial charge on any atom is -0.337 e. The van der Waals surface area contributed by atoms with E-state index in [4.69, 9.17) is 4.98 Å². The Bertz CT molecular complexity index is 1310. The van der Waals surface area contributed by atoms with E-state index in [0.717, 1.165) is 27.5 Å². The lowest BCUT2D eigenvalue weighted by atomic mass is 10.0. The van der Waals surface area contributed by atoms with Crippen molar-refractivity contribution in [1.29, 1.82) is 0 Å². The Kier molecular flexibility index (Phi) is 3.95. The van der Waals surface area contributed by atoms with Gasteiger partial charge in [-0.1, -0.05) is 60.7 Å². The molecule has 4 nitrogen and oxygen atoms in total. The number of H-pyrrole nitrogens is 1. The second kappa shape index (κ2) is 6.74. The molecule has 0 aliphatic carbocycles. The first-order valence-electron chi connectivity index (χ1n) is 9.19. The molecule has 0 radical (unpaired) electrons. The van der Waals surface area contributed by atoms with Crippen molar-refractivity contribution in [3.05, 3.63) is 96.2 Å². The van der Waals surface area contributed by atoms with E-state index < -0.39 is 0 Å². The molecule has 5 aromatic rings. The van der Waals surface area contributed by atoms with Crippen molar-refractivity contribution < 1.29 is 4.79 Å². The van der Waals surface area contributed by atoms with Gasteiger partial charge < -0.3 is 4.98 Å². The molecule has 0 aliphatic heterocycles. The molecule has 0 spiro atoms. The summed E-state index contributed by atoms with van der Waals surface area (Å²) in [4.78, 5) is 25.4. The van der Waals surface area contributed by atoms with Crippen LogP contribution in [0.4, 0.5) is 0 Å². The van der Waals surface area contributed by atoms with Crippen LogP contribution in [0.3, 0.4) is 0 Å². The fourth-order valence-electron chi connectivity index (χ4n) is 3.47. The van der Waals surface area contributed by atoms with E-state index in [2.05, 4.69) is 16.0 Å². The van der Waals surface area contributed by atoms with Crippen LogP contribution < -0.4 is 0 Å². The number of pyridine rings is 1. The highest BCUT2D eigenvalue weighted by Gasteiger charge is 2.15. The number of aromatic amines is 1. The van der Waals surface area contributed by atoms with E-state index in [1.807, 2.05) is 79.0 Å². The van der Waals surface area contributed by atoms with E-state index in [9.17, 15) is 4.79 Å². The van der Waals surface area contributed by atoms with Crippen LogP contribution >= 0.6 is 0 Å². The topological polar surface area (TPSA) is 58.6 Å². The number of nitrogens with zero attached hydrogens (tertiary/aromatic N) is 2. The number of fused-ring (bicyclic) bond motifs is 2. The first-order chi connectivity index (χ1) is 13.8. The summed E-state index contributed by atoms with van der Waals surface area (Å²) in [6.45, 7) is 0. The van der Waals surface area contributed by atoms with Crippen molar-refractivity contribution in [3.63, 3.8) is 0 Å². The predicted molar refractivity (Wildman–Crippen MR) is 111 cm³/mol. The summed E-state index contributed by atoms with van der Waals surface area (Å²) in [5.74, 6) is 0.724. The molecule has 0 aliphatic rings. The van der Waals surface area contributed by atoms with Crippen LogP contribution in [0.5, 0.6) is 0 Å². The molecule has 0 atom stereocenters. The Balaban J connectivity index is 1.55. The number of ketones is 1. The van der Waals surface area contributed by atoms with Gasteiger partial charge in [-0.25, -0.2) is 4.98 Å². The molecule has 5 rings (SSSR count). The smallest absolute Gasteiger partial charge is 0.169 e. The summed E-state index contributed by atoms with van der Waals surface area (Å²) in [5.41, 5.74) is 3.91. The van der Waals surface area contributed by atoms with Crippen LogP contribution in [0.15, 0.2) is 85.1 Å². The average molecular weight is 363 g/mol. The molecule has 3 aromatic carbocycles. The summed E-state index contributed by atoms with van der Waals surface area (Å²) < 4.78 is 0. The molecule has 0 bridgehead atoms. The first-order valence-corrected chi connectivity index (χ1v) is 9.19. The lowest BCUT2D eigenvalue weighted by Crippen LogP contribution is -2.04. The van der Waals surface area contributed by atoms with Gasteiger partial charge in [0.05, 0.1) is 11.0 Å². The Morgan fingerprint density at radius 3 is 2.50 bits per heavy atom. The molecule has 1 N–H and O–H groups in total. The van der Waals surface area contributed by atoms with Gasteiger partial charge in [-0.2, -0.15) is 0 Å². The Hall–Kier alpha value is -3.79. The molecule has 2 heterocycles. The maximum absolute atomic E-state index is 12.9. The number of hydrogen-bond acceptors (Lipinski definition) is 3. The second-order valence-electron chi connectivity index (χ2n) is 6.79. The van der Waals surface area contributed by atoms with E-state index >= 15 is 0 Å². The number of hydrogen-bond donors (Lipinski definition) is 1. The predicted octanol–water partition coefficient (Wildman–Crippen LogP) is 5.20. The highest BCUT2D eigenvalue weighted by molar-refractivity contribution is 6.07. The maximum Gasteiger partial charge on any atom is 0.169 e. The fourth-order valence-corrected chi connectivity index (χ4v) is 3.47. The standard InChI is InChI=1S/C24H17N3O/c28-22(13-16-7-2-1-3-8-16)19-11-6-12-20-23(19)27-24(26-20)21-14-17-9-4-5-10-18(17)15-25-21/h1-12,14-15H,13H2,(H,26,27). The van der Waals surface area contributed by atoms with Crippen LogP contribution in [-0.4, -0.2) is 20.7 Å². The number of carbonyl (C=O) groups is 1. The van der Waals surface area contributed by atoms with Gasteiger partial charge in [-0.05, 0) is 29.1 Å². The van der Waals surface area contributed by atoms with E-state index in [1.165, 1.54) is 0 Å².